The van der Waals surface area contributed by atoms with Crippen LogP contribution in [0.1, 0.15) is 11.6 Å². The van der Waals surface area contributed by atoms with E-state index in [9.17, 15) is 0 Å². The number of aromatic nitrogens is 3. The van der Waals surface area contributed by atoms with E-state index in [0.29, 0.717) is 6.54 Å². The molecule has 3 aromatic rings. The Labute approximate surface area is 136 Å². The van der Waals surface area contributed by atoms with Gasteiger partial charge < -0.3 is 11.1 Å². The van der Waals surface area contributed by atoms with Gasteiger partial charge in [0.1, 0.15) is 5.69 Å². The van der Waals surface area contributed by atoms with E-state index in [1.165, 1.54) is 5.56 Å². The van der Waals surface area contributed by atoms with Gasteiger partial charge in [-0.15, -0.1) is 5.10 Å². The zero-order chi connectivity index (χ0) is 15.9. The Morgan fingerprint density at radius 1 is 1.00 bits per heavy atom. The summed E-state index contributed by atoms with van der Waals surface area (Å²) in [5.41, 5.74) is 8.72. The predicted octanol–water partition coefficient (Wildman–Crippen LogP) is 2.08. The van der Waals surface area contributed by atoms with Gasteiger partial charge in [-0.2, -0.15) is 0 Å². The van der Waals surface area contributed by atoms with Gasteiger partial charge in [0.05, 0.1) is 12.2 Å². The Morgan fingerprint density at radius 3 is 2.39 bits per heavy atom. The van der Waals surface area contributed by atoms with Gasteiger partial charge >= 0.3 is 0 Å². The molecule has 0 spiro atoms. The Morgan fingerprint density at radius 2 is 1.70 bits per heavy atom. The first kappa shape index (κ1) is 15.4. The first-order valence-corrected chi connectivity index (χ1v) is 7.81. The molecule has 3 rings (SSSR count). The van der Waals surface area contributed by atoms with Crippen molar-refractivity contribution in [3.63, 3.8) is 0 Å². The van der Waals surface area contributed by atoms with E-state index in [1.54, 1.807) is 0 Å². The molecule has 118 valence electrons. The fraction of sp³-hybridized carbons (Fsp3) is 0.222. The van der Waals surface area contributed by atoms with Gasteiger partial charge in [-0.25, -0.2) is 4.68 Å². The van der Waals surface area contributed by atoms with Crippen LogP contribution in [-0.4, -0.2) is 34.6 Å². The lowest BCUT2D eigenvalue weighted by atomic mass is 10.1. The molecule has 0 amide bonds. The first-order chi connectivity index (χ1) is 11.4. The molecule has 1 heterocycles. The molecule has 0 fully saturated rings. The highest BCUT2D eigenvalue weighted by Gasteiger charge is 2.15. The number of benzene rings is 2. The molecular formula is C18H21N5. The molecule has 1 unspecified atom stereocenters. The molecule has 1 atom stereocenters. The zero-order valence-electron chi connectivity index (χ0n) is 13.0. The predicted molar refractivity (Wildman–Crippen MR) is 92.0 cm³/mol. The van der Waals surface area contributed by atoms with Crippen LogP contribution in [0.4, 0.5) is 0 Å². The molecule has 0 radical (unpaired) electrons. The third-order valence-electron chi connectivity index (χ3n) is 3.74. The number of nitrogens with two attached hydrogens (primary N) is 1. The lowest BCUT2D eigenvalue weighted by Gasteiger charge is -2.18. The molecule has 0 saturated carbocycles. The van der Waals surface area contributed by atoms with E-state index < -0.39 is 0 Å². The van der Waals surface area contributed by atoms with Crippen molar-refractivity contribution in [3.8, 4) is 11.3 Å². The highest BCUT2D eigenvalue weighted by atomic mass is 15.4. The first-order valence-electron chi connectivity index (χ1n) is 7.81. The maximum atomic E-state index is 5.57. The number of nitrogens with one attached hydrogen (secondary N) is 1. The highest BCUT2D eigenvalue weighted by Crippen LogP contribution is 2.20. The molecule has 5 heteroatoms. The fourth-order valence-electron chi connectivity index (χ4n) is 2.55. The Balaban J connectivity index is 1.86. The second-order valence-corrected chi connectivity index (χ2v) is 5.37. The monoisotopic (exact) mass is 307 g/mol. The molecule has 2 aromatic carbocycles. The average Bonchev–Trinajstić information content (AvgIpc) is 3.10. The Bertz CT molecular complexity index is 709. The van der Waals surface area contributed by atoms with E-state index in [1.807, 2.05) is 59.4 Å². The molecule has 3 N–H and O–H groups in total. The summed E-state index contributed by atoms with van der Waals surface area (Å²) < 4.78 is 1.92. The normalized spacial score (nSPS) is 12.2. The van der Waals surface area contributed by atoms with Crippen LogP contribution < -0.4 is 11.1 Å². The quantitative estimate of drug-likeness (QED) is 0.656. The third kappa shape index (κ3) is 3.83. The SMILES string of the molecule is NCCNCC(c1ccccc1)n1cc(-c2ccccc2)nn1. The van der Waals surface area contributed by atoms with Crippen molar-refractivity contribution in [2.75, 3.05) is 19.6 Å². The van der Waals surface area contributed by atoms with Crippen LogP contribution >= 0.6 is 0 Å². The average molecular weight is 307 g/mol. The summed E-state index contributed by atoms with van der Waals surface area (Å²) in [4.78, 5) is 0. The number of rotatable bonds is 7. The maximum absolute atomic E-state index is 5.57. The minimum atomic E-state index is 0.0905. The van der Waals surface area contributed by atoms with Gasteiger partial charge in [-0.3, -0.25) is 0 Å². The van der Waals surface area contributed by atoms with E-state index in [0.717, 1.165) is 24.3 Å². The minimum Gasteiger partial charge on any atom is -0.329 e. The van der Waals surface area contributed by atoms with Crippen LogP contribution in [0.25, 0.3) is 11.3 Å². The van der Waals surface area contributed by atoms with Crippen molar-refractivity contribution in [1.82, 2.24) is 20.3 Å². The van der Waals surface area contributed by atoms with Crippen LogP contribution in [0, 0.1) is 0 Å². The summed E-state index contributed by atoms with van der Waals surface area (Å²) in [5, 5.41) is 12.0. The molecule has 1 aromatic heterocycles. The maximum Gasteiger partial charge on any atom is 0.113 e. The van der Waals surface area contributed by atoms with Gasteiger partial charge in [-0.1, -0.05) is 65.9 Å². The van der Waals surface area contributed by atoms with Crippen LogP contribution in [0.3, 0.4) is 0 Å². The standard InChI is InChI=1S/C18H21N5/c19-11-12-20-13-18(16-9-5-2-6-10-16)23-14-17(21-22-23)15-7-3-1-4-8-15/h1-10,14,18,20H,11-13,19H2. The fourth-order valence-corrected chi connectivity index (χ4v) is 2.55. The topological polar surface area (TPSA) is 68.8 Å². The molecule has 0 bridgehead atoms. The van der Waals surface area contributed by atoms with Gasteiger partial charge in [0, 0.05) is 25.2 Å². The van der Waals surface area contributed by atoms with Crippen molar-refractivity contribution in [1.29, 1.82) is 0 Å². The molecular weight excluding hydrogens is 286 g/mol. The molecule has 0 aliphatic heterocycles. The van der Waals surface area contributed by atoms with Crippen LogP contribution in [0.2, 0.25) is 0 Å². The lowest BCUT2D eigenvalue weighted by Crippen LogP contribution is -2.30. The summed E-state index contributed by atoms with van der Waals surface area (Å²) in [5.74, 6) is 0. The zero-order valence-corrected chi connectivity index (χ0v) is 13.0. The summed E-state index contributed by atoms with van der Waals surface area (Å²) in [6, 6.07) is 20.5. The second-order valence-electron chi connectivity index (χ2n) is 5.37. The molecule has 0 aliphatic carbocycles. The summed E-state index contributed by atoms with van der Waals surface area (Å²) in [6.45, 7) is 2.16. The van der Waals surface area contributed by atoms with E-state index in [2.05, 4.69) is 27.8 Å². The number of hydrogen-bond donors (Lipinski definition) is 2. The third-order valence-corrected chi connectivity index (χ3v) is 3.74. The lowest BCUT2D eigenvalue weighted by molar-refractivity contribution is 0.471. The van der Waals surface area contributed by atoms with Gasteiger partial charge in [0.25, 0.3) is 0 Å². The van der Waals surface area contributed by atoms with Crippen molar-refractivity contribution in [2.45, 2.75) is 6.04 Å². The van der Waals surface area contributed by atoms with E-state index in [4.69, 9.17) is 5.73 Å². The van der Waals surface area contributed by atoms with Crippen LogP contribution in [0.15, 0.2) is 66.9 Å². The summed E-state index contributed by atoms with van der Waals surface area (Å²) in [6.07, 6.45) is 2.00. The van der Waals surface area contributed by atoms with Crippen molar-refractivity contribution in [2.24, 2.45) is 5.73 Å². The van der Waals surface area contributed by atoms with Crippen LogP contribution in [0.5, 0.6) is 0 Å². The molecule has 23 heavy (non-hydrogen) atoms. The Kier molecular flexibility index (Phi) is 5.13. The second kappa shape index (κ2) is 7.67. The molecule has 0 aliphatic rings. The molecule has 5 nitrogen and oxygen atoms in total. The van der Waals surface area contributed by atoms with E-state index in [-0.39, 0.29) is 6.04 Å². The van der Waals surface area contributed by atoms with Crippen LogP contribution in [-0.2, 0) is 0 Å². The van der Waals surface area contributed by atoms with Gasteiger partial charge in [-0.05, 0) is 5.56 Å². The molecule has 0 saturated heterocycles. The largest absolute Gasteiger partial charge is 0.329 e. The van der Waals surface area contributed by atoms with Gasteiger partial charge in [0.2, 0.25) is 0 Å². The van der Waals surface area contributed by atoms with Crippen molar-refractivity contribution in [3.05, 3.63) is 72.4 Å². The highest BCUT2D eigenvalue weighted by molar-refractivity contribution is 5.57. The number of hydrogen-bond acceptors (Lipinski definition) is 4. The Hall–Kier alpha value is -2.50. The minimum absolute atomic E-state index is 0.0905. The summed E-state index contributed by atoms with van der Waals surface area (Å²) in [7, 11) is 0. The van der Waals surface area contributed by atoms with Gasteiger partial charge in [0.15, 0.2) is 0 Å². The number of nitrogens with zero attached hydrogens (tertiary/aromatic N) is 3. The summed E-state index contributed by atoms with van der Waals surface area (Å²) >= 11 is 0. The smallest absolute Gasteiger partial charge is 0.113 e. The van der Waals surface area contributed by atoms with Crippen molar-refractivity contribution >= 4 is 0 Å². The van der Waals surface area contributed by atoms with E-state index >= 15 is 0 Å². The van der Waals surface area contributed by atoms with Crippen molar-refractivity contribution < 1.29 is 0 Å².